The third-order valence-electron chi connectivity index (χ3n) is 2.16. The first kappa shape index (κ1) is 13.8. The molecule has 92 valence electrons. The Kier molecular flexibility index (Phi) is 5.77. The minimum atomic E-state index is -0.334. The highest BCUT2D eigenvalue weighted by Gasteiger charge is 2.04. The molecule has 0 aliphatic carbocycles. The largest absolute Gasteiger partial charge is 0.380 e. The number of benzene rings is 1. The van der Waals surface area contributed by atoms with Gasteiger partial charge >= 0.3 is 0 Å². The molecule has 0 radical (unpaired) electrons. The van der Waals surface area contributed by atoms with Gasteiger partial charge < -0.3 is 5.32 Å². The molecule has 0 spiro atoms. The normalized spacial score (nSPS) is 11.4. The number of carbonyl (C=O) groups excluding carboxylic acids is 1. The zero-order valence-corrected chi connectivity index (χ0v) is 10.8. The molecule has 0 aliphatic rings. The zero-order valence-electron chi connectivity index (χ0n) is 10.00. The highest BCUT2D eigenvalue weighted by molar-refractivity contribution is 8.02. The molecule has 4 heteroatoms. The van der Waals surface area contributed by atoms with Crippen molar-refractivity contribution in [1.29, 1.82) is 0 Å². The molecule has 0 fully saturated rings. The number of rotatable bonds is 6. The molecule has 0 amide bonds. The summed E-state index contributed by atoms with van der Waals surface area (Å²) in [7, 11) is 0. The van der Waals surface area contributed by atoms with Crippen molar-refractivity contribution in [2.75, 3.05) is 12.8 Å². The van der Waals surface area contributed by atoms with E-state index >= 15 is 0 Å². The minimum absolute atomic E-state index is 0.113. The molecule has 0 saturated carbocycles. The number of carbonyl (C=O) groups is 1. The van der Waals surface area contributed by atoms with Gasteiger partial charge in [0.25, 0.3) is 0 Å². The van der Waals surface area contributed by atoms with Crippen LogP contribution in [0.2, 0.25) is 0 Å². The van der Waals surface area contributed by atoms with Crippen molar-refractivity contribution >= 4 is 17.5 Å². The smallest absolute Gasteiger partial charge is 0.188 e. The van der Waals surface area contributed by atoms with Crippen molar-refractivity contribution in [3.8, 4) is 0 Å². The van der Waals surface area contributed by atoms with E-state index in [1.807, 2.05) is 6.26 Å². The van der Waals surface area contributed by atoms with Gasteiger partial charge in [-0.1, -0.05) is 6.92 Å². The molecule has 1 aromatic carbocycles. The van der Waals surface area contributed by atoms with Crippen LogP contribution in [0.1, 0.15) is 23.7 Å². The highest BCUT2D eigenvalue weighted by Crippen LogP contribution is 2.11. The van der Waals surface area contributed by atoms with E-state index in [2.05, 4.69) is 12.2 Å². The number of thioether (sulfide) groups is 1. The van der Waals surface area contributed by atoms with Gasteiger partial charge in [-0.05, 0) is 36.9 Å². The first-order valence-electron chi connectivity index (χ1n) is 5.46. The first-order valence-corrected chi connectivity index (χ1v) is 6.69. The molecule has 17 heavy (non-hydrogen) atoms. The molecule has 1 rings (SSSR count). The Labute approximate surface area is 105 Å². The van der Waals surface area contributed by atoms with Gasteiger partial charge in [-0.2, -0.15) is 0 Å². The molecule has 0 unspecified atom stereocenters. The number of ketones is 1. The summed E-state index contributed by atoms with van der Waals surface area (Å²) in [5.41, 5.74) is 0.497. The van der Waals surface area contributed by atoms with Gasteiger partial charge in [0.15, 0.2) is 5.78 Å². The molecule has 0 bridgehead atoms. The van der Waals surface area contributed by atoms with Crippen LogP contribution in [-0.2, 0) is 0 Å². The lowest BCUT2D eigenvalue weighted by molar-refractivity contribution is 0.104. The third-order valence-corrected chi connectivity index (χ3v) is 2.86. The minimum Gasteiger partial charge on any atom is -0.380 e. The van der Waals surface area contributed by atoms with Crippen LogP contribution < -0.4 is 5.32 Å². The van der Waals surface area contributed by atoms with E-state index in [-0.39, 0.29) is 11.6 Å². The van der Waals surface area contributed by atoms with E-state index in [1.54, 1.807) is 6.08 Å². The highest BCUT2D eigenvalue weighted by atomic mass is 32.2. The van der Waals surface area contributed by atoms with Crippen LogP contribution in [0.5, 0.6) is 0 Å². The maximum absolute atomic E-state index is 12.7. The summed E-state index contributed by atoms with van der Waals surface area (Å²) in [6, 6.07) is 5.57. The predicted octanol–water partition coefficient (Wildman–Crippen LogP) is 3.21. The van der Waals surface area contributed by atoms with Crippen LogP contribution in [0.3, 0.4) is 0 Å². The Morgan fingerprint density at radius 3 is 2.59 bits per heavy atom. The zero-order chi connectivity index (χ0) is 12.7. The average molecular weight is 253 g/mol. The van der Waals surface area contributed by atoms with E-state index in [9.17, 15) is 9.18 Å². The van der Waals surface area contributed by atoms with Gasteiger partial charge in [-0.3, -0.25) is 4.79 Å². The van der Waals surface area contributed by atoms with Crippen molar-refractivity contribution < 1.29 is 9.18 Å². The number of halogens is 1. The quantitative estimate of drug-likeness (QED) is 0.623. The number of hydrogen-bond donors (Lipinski definition) is 1. The summed E-state index contributed by atoms with van der Waals surface area (Å²) in [4.78, 5) is 11.8. The average Bonchev–Trinajstić information content (AvgIpc) is 2.35. The van der Waals surface area contributed by atoms with E-state index in [0.717, 1.165) is 18.0 Å². The summed E-state index contributed by atoms with van der Waals surface area (Å²) in [5, 5.41) is 3.99. The second kappa shape index (κ2) is 7.12. The SMILES string of the molecule is CCCNC(=CC(=O)c1ccc(F)cc1)SC. The fraction of sp³-hybridized carbons (Fsp3) is 0.308. The van der Waals surface area contributed by atoms with Gasteiger partial charge in [0.05, 0.1) is 5.03 Å². The Bertz CT molecular complexity index is 400. The van der Waals surface area contributed by atoms with Crippen molar-refractivity contribution in [2.45, 2.75) is 13.3 Å². The standard InChI is InChI=1S/C13H16FNOS/c1-3-8-15-13(17-2)9-12(16)10-4-6-11(14)7-5-10/h4-7,9,15H,3,8H2,1-2H3. The van der Waals surface area contributed by atoms with Gasteiger partial charge in [0.2, 0.25) is 0 Å². The van der Waals surface area contributed by atoms with Crippen molar-refractivity contribution in [3.05, 3.63) is 46.8 Å². The number of nitrogens with one attached hydrogen (secondary N) is 1. The fourth-order valence-electron chi connectivity index (χ4n) is 1.25. The van der Waals surface area contributed by atoms with Crippen LogP contribution in [0, 0.1) is 5.82 Å². The molecular weight excluding hydrogens is 237 g/mol. The second-order valence-electron chi connectivity index (χ2n) is 3.51. The van der Waals surface area contributed by atoms with Crippen LogP contribution in [0.25, 0.3) is 0 Å². The van der Waals surface area contributed by atoms with E-state index in [1.165, 1.54) is 36.0 Å². The predicted molar refractivity (Wildman–Crippen MR) is 70.6 cm³/mol. The number of hydrogen-bond acceptors (Lipinski definition) is 3. The fourth-order valence-corrected chi connectivity index (χ4v) is 1.72. The van der Waals surface area contributed by atoms with E-state index in [4.69, 9.17) is 0 Å². The molecule has 1 aromatic rings. The van der Waals surface area contributed by atoms with E-state index in [0.29, 0.717) is 5.56 Å². The van der Waals surface area contributed by atoms with Crippen LogP contribution in [0.4, 0.5) is 4.39 Å². The lowest BCUT2D eigenvalue weighted by atomic mass is 10.1. The molecular formula is C13H16FNOS. The summed E-state index contributed by atoms with van der Waals surface area (Å²) >= 11 is 1.49. The summed E-state index contributed by atoms with van der Waals surface area (Å²) < 4.78 is 12.7. The maximum Gasteiger partial charge on any atom is 0.188 e. The topological polar surface area (TPSA) is 29.1 Å². The lowest BCUT2D eigenvalue weighted by Gasteiger charge is -2.06. The monoisotopic (exact) mass is 253 g/mol. The number of allylic oxidation sites excluding steroid dienone is 1. The Morgan fingerprint density at radius 1 is 1.41 bits per heavy atom. The molecule has 0 aliphatic heterocycles. The molecule has 1 N–H and O–H groups in total. The lowest BCUT2D eigenvalue weighted by Crippen LogP contribution is -2.13. The first-order chi connectivity index (χ1) is 8.17. The maximum atomic E-state index is 12.7. The molecule has 2 nitrogen and oxygen atoms in total. The molecule has 0 heterocycles. The Balaban J connectivity index is 2.74. The Morgan fingerprint density at radius 2 is 2.06 bits per heavy atom. The molecule has 0 saturated heterocycles. The van der Waals surface area contributed by atoms with Crippen LogP contribution in [-0.4, -0.2) is 18.6 Å². The second-order valence-corrected chi connectivity index (χ2v) is 4.36. The van der Waals surface area contributed by atoms with Gasteiger partial charge in [-0.25, -0.2) is 4.39 Å². The van der Waals surface area contributed by atoms with Gasteiger partial charge in [0, 0.05) is 18.2 Å². The Hall–Kier alpha value is -1.29. The van der Waals surface area contributed by atoms with Crippen molar-refractivity contribution in [3.63, 3.8) is 0 Å². The third kappa shape index (κ3) is 4.61. The van der Waals surface area contributed by atoms with Crippen LogP contribution in [0.15, 0.2) is 35.4 Å². The summed E-state index contributed by atoms with van der Waals surface area (Å²) in [6.45, 7) is 2.90. The van der Waals surface area contributed by atoms with Gasteiger partial charge in [-0.15, -0.1) is 11.8 Å². The van der Waals surface area contributed by atoms with Crippen molar-refractivity contribution in [2.24, 2.45) is 0 Å². The van der Waals surface area contributed by atoms with Crippen LogP contribution >= 0.6 is 11.8 Å². The van der Waals surface area contributed by atoms with E-state index < -0.39 is 0 Å². The molecule has 0 atom stereocenters. The van der Waals surface area contributed by atoms with Gasteiger partial charge in [0.1, 0.15) is 5.82 Å². The summed E-state index contributed by atoms with van der Waals surface area (Å²) in [6.07, 6.45) is 4.46. The molecule has 0 aromatic heterocycles. The summed E-state index contributed by atoms with van der Waals surface area (Å²) in [5.74, 6) is -0.447. The van der Waals surface area contributed by atoms with Crippen molar-refractivity contribution in [1.82, 2.24) is 5.32 Å².